The molecule has 2 saturated carbocycles. The summed E-state index contributed by atoms with van der Waals surface area (Å²) in [4.78, 5) is 12.4. The maximum absolute atomic E-state index is 12.4. The van der Waals surface area contributed by atoms with E-state index in [4.69, 9.17) is 11.6 Å². The maximum atomic E-state index is 12.4. The second-order valence-electron chi connectivity index (χ2n) is 7.05. The summed E-state index contributed by atoms with van der Waals surface area (Å²) in [6.07, 6.45) is 5.73. The fourth-order valence-corrected chi connectivity index (χ4v) is 4.96. The average molecular weight is 371 g/mol. The first-order valence-electron chi connectivity index (χ1n) is 8.27. The van der Waals surface area contributed by atoms with Gasteiger partial charge in [0.15, 0.2) is 0 Å². The first kappa shape index (κ1) is 17.5. The summed E-state index contributed by atoms with van der Waals surface area (Å²) in [5.41, 5.74) is 1.27. The Morgan fingerprint density at radius 3 is 2.62 bits per heavy atom. The molecule has 0 radical (unpaired) electrons. The van der Waals surface area contributed by atoms with Gasteiger partial charge in [0, 0.05) is 11.1 Å². The number of carbonyl (C=O) groups excluding carboxylic acids is 1. The number of aryl methyl sites for hydroxylation is 1. The molecule has 0 heterocycles. The van der Waals surface area contributed by atoms with Gasteiger partial charge in [-0.05, 0) is 55.7 Å². The van der Waals surface area contributed by atoms with Crippen LogP contribution in [0.2, 0.25) is 5.02 Å². The molecule has 24 heavy (non-hydrogen) atoms. The van der Waals surface area contributed by atoms with Crippen molar-refractivity contribution in [3.05, 3.63) is 28.8 Å². The van der Waals surface area contributed by atoms with Crippen LogP contribution < -0.4 is 9.62 Å². The summed E-state index contributed by atoms with van der Waals surface area (Å²) >= 11 is 6.10. The summed E-state index contributed by atoms with van der Waals surface area (Å²) in [6, 6.07) is 5.21. The number of rotatable bonds is 5. The van der Waals surface area contributed by atoms with Crippen LogP contribution in [0.5, 0.6) is 0 Å². The number of hydrogen-bond donors (Lipinski definition) is 1. The first-order valence-corrected chi connectivity index (χ1v) is 10.5. The van der Waals surface area contributed by atoms with Crippen molar-refractivity contribution in [1.82, 2.24) is 5.32 Å². The van der Waals surface area contributed by atoms with E-state index in [1.807, 2.05) is 6.92 Å². The highest BCUT2D eigenvalue weighted by Gasteiger charge is 2.40. The Labute approximate surface area is 148 Å². The van der Waals surface area contributed by atoms with E-state index in [0.29, 0.717) is 16.6 Å². The first-order chi connectivity index (χ1) is 11.2. The summed E-state index contributed by atoms with van der Waals surface area (Å²) in [6.45, 7) is 1.63. The third-order valence-electron chi connectivity index (χ3n) is 5.22. The second-order valence-corrected chi connectivity index (χ2v) is 9.37. The molecule has 2 fully saturated rings. The molecular formula is C17H23ClN2O3S. The quantitative estimate of drug-likeness (QED) is 0.866. The van der Waals surface area contributed by atoms with Crippen molar-refractivity contribution in [2.24, 2.45) is 11.8 Å². The highest BCUT2D eigenvalue weighted by atomic mass is 35.5. The van der Waals surface area contributed by atoms with E-state index in [2.05, 4.69) is 5.32 Å². The standard InChI is InChI=1S/C17H23ClN2O3S/c1-11-3-6-14(9-15(11)18)20(24(2,22)23)10-17(21)19-16-8-12-4-5-13(16)7-12/h3,6,9,12-13,16H,4-5,7-8,10H2,1-2H3,(H,19,21). The molecule has 1 aromatic carbocycles. The van der Waals surface area contributed by atoms with Crippen molar-refractivity contribution in [3.63, 3.8) is 0 Å². The van der Waals surface area contributed by atoms with Crippen LogP contribution in [-0.2, 0) is 14.8 Å². The van der Waals surface area contributed by atoms with Crippen LogP contribution in [0.1, 0.15) is 31.2 Å². The summed E-state index contributed by atoms with van der Waals surface area (Å²) in [5.74, 6) is 1.02. The number of carbonyl (C=O) groups is 1. The fraction of sp³-hybridized carbons (Fsp3) is 0.588. The Morgan fingerprint density at radius 1 is 1.33 bits per heavy atom. The number of sulfonamides is 1. The minimum Gasteiger partial charge on any atom is -0.352 e. The van der Waals surface area contributed by atoms with Crippen LogP contribution in [0, 0.1) is 18.8 Å². The van der Waals surface area contributed by atoms with E-state index in [0.717, 1.165) is 28.5 Å². The average Bonchev–Trinajstić information content (AvgIpc) is 3.09. The molecule has 3 atom stereocenters. The smallest absolute Gasteiger partial charge is 0.241 e. The van der Waals surface area contributed by atoms with Crippen molar-refractivity contribution < 1.29 is 13.2 Å². The summed E-state index contributed by atoms with van der Waals surface area (Å²) in [7, 11) is -3.57. The van der Waals surface area contributed by atoms with E-state index in [1.165, 1.54) is 19.3 Å². The molecular weight excluding hydrogens is 348 g/mol. The Hall–Kier alpha value is -1.27. The molecule has 3 rings (SSSR count). The lowest BCUT2D eigenvalue weighted by Gasteiger charge is -2.26. The van der Waals surface area contributed by atoms with E-state index < -0.39 is 10.0 Å². The molecule has 0 aliphatic heterocycles. The molecule has 2 aliphatic carbocycles. The van der Waals surface area contributed by atoms with E-state index in [1.54, 1.807) is 18.2 Å². The molecule has 1 amide bonds. The molecule has 3 unspecified atom stereocenters. The van der Waals surface area contributed by atoms with Gasteiger partial charge >= 0.3 is 0 Å². The third kappa shape index (κ3) is 3.70. The predicted molar refractivity (Wildman–Crippen MR) is 95.8 cm³/mol. The van der Waals surface area contributed by atoms with E-state index in [9.17, 15) is 13.2 Å². The molecule has 0 aromatic heterocycles. The van der Waals surface area contributed by atoms with Crippen molar-refractivity contribution in [1.29, 1.82) is 0 Å². The van der Waals surface area contributed by atoms with Gasteiger partial charge < -0.3 is 5.32 Å². The molecule has 2 bridgehead atoms. The lowest BCUT2D eigenvalue weighted by atomic mass is 9.95. The van der Waals surface area contributed by atoms with Crippen molar-refractivity contribution in [2.75, 3.05) is 17.1 Å². The van der Waals surface area contributed by atoms with Gasteiger partial charge in [0.1, 0.15) is 6.54 Å². The number of hydrogen-bond acceptors (Lipinski definition) is 3. The molecule has 7 heteroatoms. The van der Waals surface area contributed by atoms with Crippen LogP contribution >= 0.6 is 11.6 Å². The minimum absolute atomic E-state index is 0.194. The fourth-order valence-electron chi connectivity index (χ4n) is 3.94. The monoisotopic (exact) mass is 370 g/mol. The zero-order valence-electron chi connectivity index (χ0n) is 14.0. The van der Waals surface area contributed by atoms with E-state index >= 15 is 0 Å². The van der Waals surface area contributed by atoms with Crippen LogP contribution in [0.3, 0.4) is 0 Å². The number of fused-ring (bicyclic) bond motifs is 2. The van der Waals surface area contributed by atoms with Crippen molar-refractivity contribution in [3.8, 4) is 0 Å². The third-order valence-corrected chi connectivity index (χ3v) is 6.76. The topological polar surface area (TPSA) is 66.5 Å². The number of nitrogens with one attached hydrogen (secondary N) is 1. The van der Waals surface area contributed by atoms with Gasteiger partial charge in [-0.3, -0.25) is 9.10 Å². The number of nitrogens with zero attached hydrogens (tertiary/aromatic N) is 1. The van der Waals surface area contributed by atoms with Crippen LogP contribution in [0.25, 0.3) is 0 Å². The normalized spacial score (nSPS) is 25.7. The summed E-state index contributed by atoms with van der Waals surface area (Å²) in [5, 5.41) is 3.51. The second kappa shape index (κ2) is 6.56. The Kier molecular flexibility index (Phi) is 4.80. The van der Waals surface area contributed by atoms with Crippen molar-refractivity contribution >= 4 is 33.2 Å². The highest BCUT2D eigenvalue weighted by Crippen LogP contribution is 2.44. The lowest BCUT2D eigenvalue weighted by molar-refractivity contribution is -0.120. The number of anilines is 1. The highest BCUT2D eigenvalue weighted by molar-refractivity contribution is 7.92. The molecule has 1 aromatic rings. The lowest BCUT2D eigenvalue weighted by Crippen LogP contribution is -2.45. The molecule has 0 spiro atoms. The van der Waals surface area contributed by atoms with Gasteiger partial charge in [-0.25, -0.2) is 8.42 Å². The Bertz CT molecular complexity index is 750. The van der Waals surface area contributed by atoms with Gasteiger partial charge in [-0.15, -0.1) is 0 Å². The Balaban J connectivity index is 1.72. The predicted octanol–water partition coefficient (Wildman–Crippen LogP) is 2.72. The molecule has 1 N–H and O–H groups in total. The molecule has 132 valence electrons. The SMILES string of the molecule is Cc1ccc(N(CC(=O)NC2CC3CCC2C3)S(C)(=O)=O)cc1Cl. The van der Waals surface area contributed by atoms with Crippen LogP contribution in [0.15, 0.2) is 18.2 Å². The maximum Gasteiger partial charge on any atom is 0.241 e. The molecule has 5 nitrogen and oxygen atoms in total. The number of benzene rings is 1. The van der Waals surface area contributed by atoms with Gasteiger partial charge in [0.25, 0.3) is 0 Å². The largest absolute Gasteiger partial charge is 0.352 e. The van der Waals surface area contributed by atoms with Crippen LogP contribution in [-0.4, -0.2) is 33.2 Å². The van der Waals surface area contributed by atoms with Gasteiger partial charge in [0.05, 0.1) is 11.9 Å². The Morgan fingerprint density at radius 2 is 2.08 bits per heavy atom. The van der Waals surface area contributed by atoms with Gasteiger partial charge in [-0.2, -0.15) is 0 Å². The van der Waals surface area contributed by atoms with Gasteiger partial charge in [-0.1, -0.05) is 24.1 Å². The van der Waals surface area contributed by atoms with Crippen LogP contribution in [0.4, 0.5) is 5.69 Å². The molecule has 2 aliphatic rings. The number of halogens is 1. The van der Waals surface area contributed by atoms with Crippen molar-refractivity contribution in [2.45, 2.75) is 38.6 Å². The minimum atomic E-state index is -3.57. The van der Waals surface area contributed by atoms with E-state index in [-0.39, 0.29) is 18.5 Å². The number of amides is 1. The van der Waals surface area contributed by atoms with Gasteiger partial charge in [0.2, 0.25) is 15.9 Å². The molecule has 0 saturated heterocycles. The zero-order chi connectivity index (χ0) is 17.5. The zero-order valence-corrected chi connectivity index (χ0v) is 15.5. The summed E-state index contributed by atoms with van der Waals surface area (Å²) < 4.78 is 25.4.